The molecule has 0 amide bonds. The van der Waals surface area contributed by atoms with Crippen molar-refractivity contribution in [1.82, 2.24) is 0 Å². The maximum Gasteiger partial charge on any atom is 0.335 e. The van der Waals surface area contributed by atoms with Crippen molar-refractivity contribution >= 4 is 17.7 Å². The lowest BCUT2D eigenvalue weighted by molar-refractivity contribution is -0.150. The number of hydrogen-bond acceptors (Lipinski definition) is 4. The van der Waals surface area contributed by atoms with Gasteiger partial charge in [0.05, 0.1) is 7.11 Å². The molecule has 4 heteroatoms. The summed E-state index contributed by atoms with van der Waals surface area (Å²) in [7, 11) is 1.27. The molecule has 1 unspecified atom stereocenters. The molecular weight excluding hydrogens is 212 g/mol. The van der Waals surface area contributed by atoms with Gasteiger partial charge in [-0.15, -0.1) is 11.8 Å². The molecule has 0 aliphatic carbocycles. The Morgan fingerprint density at radius 1 is 1.53 bits per heavy atom. The van der Waals surface area contributed by atoms with E-state index in [1.165, 1.54) is 7.11 Å². The summed E-state index contributed by atoms with van der Waals surface area (Å²) in [5.74, 6) is -0.592. The second-order valence-electron chi connectivity index (χ2n) is 3.05. The minimum absolute atomic E-state index is 0.295. The Balaban J connectivity index is 2.75. The second-order valence-corrected chi connectivity index (χ2v) is 3.90. The fraction of sp³-hybridized carbons (Fsp3) is 0.364. The van der Waals surface area contributed by atoms with E-state index in [0.717, 1.165) is 10.5 Å². The third kappa shape index (κ3) is 3.25. The van der Waals surface area contributed by atoms with Crippen LogP contribution in [0.5, 0.6) is 0 Å². The van der Waals surface area contributed by atoms with Crippen LogP contribution in [0.1, 0.15) is 5.56 Å². The number of aliphatic hydroxyl groups excluding tert-OH is 1. The first-order valence-electron chi connectivity index (χ1n) is 4.56. The fourth-order valence-corrected chi connectivity index (χ4v) is 1.93. The molecule has 0 saturated carbocycles. The maximum atomic E-state index is 11.0. The average Bonchev–Trinajstić information content (AvgIpc) is 2.28. The topological polar surface area (TPSA) is 46.5 Å². The van der Waals surface area contributed by atoms with Crippen molar-refractivity contribution in [3.63, 3.8) is 0 Å². The zero-order valence-electron chi connectivity index (χ0n) is 8.77. The number of thioether (sulfide) groups is 1. The Morgan fingerprint density at radius 2 is 2.20 bits per heavy atom. The van der Waals surface area contributed by atoms with Crippen LogP contribution in [0.25, 0.3) is 0 Å². The Bertz CT molecular complexity index is 338. The van der Waals surface area contributed by atoms with E-state index in [2.05, 4.69) is 4.74 Å². The Hall–Kier alpha value is -1.00. The molecule has 82 valence electrons. The van der Waals surface area contributed by atoms with Gasteiger partial charge in [-0.25, -0.2) is 4.79 Å². The largest absolute Gasteiger partial charge is 0.467 e. The molecule has 1 N–H and O–H groups in total. The van der Waals surface area contributed by atoms with E-state index in [1.54, 1.807) is 11.8 Å². The van der Waals surface area contributed by atoms with Crippen molar-refractivity contribution < 1.29 is 14.6 Å². The summed E-state index contributed by atoms with van der Waals surface area (Å²) >= 11 is 1.59. The molecule has 1 aromatic carbocycles. The minimum atomic E-state index is -1.08. The third-order valence-corrected chi connectivity index (χ3v) is 2.92. The highest BCUT2D eigenvalue weighted by molar-refractivity contribution is 7.98. The van der Waals surface area contributed by atoms with Crippen LogP contribution in [0.15, 0.2) is 29.2 Å². The summed E-state index contributed by atoms with van der Waals surface area (Å²) < 4.78 is 4.46. The summed E-state index contributed by atoms with van der Waals surface area (Å²) in [5, 5.41) is 9.51. The molecule has 0 bridgehead atoms. The van der Waals surface area contributed by atoms with Crippen LogP contribution in [0, 0.1) is 0 Å². The van der Waals surface area contributed by atoms with E-state index in [-0.39, 0.29) is 0 Å². The number of esters is 1. The van der Waals surface area contributed by atoms with Gasteiger partial charge in [0, 0.05) is 11.3 Å². The smallest absolute Gasteiger partial charge is 0.335 e. The molecule has 1 rings (SSSR count). The van der Waals surface area contributed by atoms with E-state index in [9.17, 15) is 9.90 Å². The molecular formula is C11H14O3S. The van der Waals surface area contributed by atoms with Crippen molar-refractivity contribution in [2.24, 2.45) is 0 Å². The lowest BCUT2D eigenvalue weighted by Crippen LogP contribution is -2.24. The van der Waals surface area contributed by atoms with Crippen LogP contribution < -0.4 is 0 Å². The van der Waals surface area contributed by atoms with Gasteiger partial charge in [-0.1, -0.05) is 18.2 Å². The van der Waals surface area contributed by atoms with Crippen LogP contribution in [0.2, 0.25) is 0 Å². The summed E-state index contributed by atoms with van der Waals surface area (Å²) in [5.41, 5.74) is 0.961. The van der Waals surface area contributed by atoms with Crippen molar-refractivity contribution in [2.45, 2.75) is 17.4 Å². The van der Waals surface area contributed by atoms with E-state index in [1.807, 2.05) is 30.5 Å². The average molecular weight is 226 g/mol. The van der Waals surface area contributed by atoms with Gasteiger partial charge in [-0.3, -0.25) is 0 Å². The second kappa shape index (κ2) is 5.78. The molecule has 3 nitrogen and oxygen atoms in total. The lowest BCUT2D eigenvalue weighted by Gasteiger charge is -2.10. The highest BCUT2D eigenvalue weighted by Crippen LogP contribution is 2.21. The molecule has 0 saturated heterocycles. The number of carbonyl (C=O) groups is 1. The molecule has 0 radical (unpaired) electrons. The van der Waals surface area contributed by atoms with Crippen molar-refractivity contribution in [3.05, 3.63) is 29.8 Å². The third-order valence-electron chi connectivity index (χ3n) is 2.08. The number of aliphatic hydroxyl groups is 1. The summed E-state index contributed by atoms with van der Waals surface area (Å²) in [6.07, 6.45) is 1.18. The first-order valence-corrected chi connectivity index (χ1v) is 5.79. The van der Waals surface area contributed by atoms with Crippen LogP contribution in [0.3, 0.4) is 0 Å². The van der Waals surface area contributed by atoms with Crippen molar-refractivity contribution in [2.75, 3.05) is 13.4 Å². The molecule has 0 heterocycles. The molecule has 0 fully saturated rings. The summed E-state index contributed by atoms with van der Waals surface area (Å²) in [6, 6.07) is 7.68. The Labute approximate surface area is 93.4 Å². The molecule has 15 heavy (non-hydrogen) atoms. The van der Waals surface area contributed by atoms with E-state index >= 15 is 0 Å². The molecule has 1 atom stereocenters. The molecule has 0 aliphatic heterocycles. The van der Waals surface area contributed by atoms with Gasteiger partial charge in [0.2, 0.25) is 0 Å². The number of methoxy groups -OCH3 is 1. The van der Waals surface area contributed by atoms with Gasteiger partial charge in [0.1, 0.15) is 0 Å². The van der Waals surface area contributed by atoms with Gasteiger partial charge < -0.3 is 9.84 Å². The number of benzene rings is 1. The SMILES string of the molecule is COC(=O)C(O)Cc1ccccc1SC. The first-order chi connectivity index (χ1) is 7.19. The van der Waals surface area contributed by atoms with Gasteiger partial charge in [-0.2, -0.15) is 0 Å². The van der Waals surface area contributed by atoms with Crippen molar-refractivity contribution in [3.8, 4) is 0 Å². The predicted octanol–water partition coefficient (Wildman–Crippen LogP) is 1.48. The van der Waals surface area contributed by atoms with E-state index in [4.69, 9.17) is 0 Å². The maximum absolute atomic E-state index is 11.0. The monoisotopic (exact) mass is 226 g/mol. The molecule has 0 aromatic heterocycles. The van der Waals surface area contributed by atoms with Gasteiger partial charge in [0.25, 0.3) is 0 Å². The minimum Gasteiger partial charge on any atom is -0.467 e. The van der Waals surface area contributed by atoms with Crippen LogP contribution in [-0.4, -0.2) is 30.5 Å². The Morgan fingerprint density at radius 3 is 2.80 bits per heavy atom. The molecule has 0 spiro atoms. The first kappa shape index (κ1) is 12.1. The van der Waals surface area contributed by atoms with Gasteiger partial charge >= 0.3 is 5.97 Å². The fourth-order valence-electron chi connectivity index (χ4n) is 1.30. The van der Waals surface area contributed by atoms with Gasteiger partial charge in [0.15, 0.2) is 6.10 Å². The number of hydrogen-bond donors (Lipinski definition) is 1. The van der Waals surface area contributed by atoms with Crippen molar-refractivity contribution in [1.29, 1.82) is 0 Å². The standard InChI is InChI=1S/C11H14O3S/c1-14-11(13)9(12)7-8-5-3-4-6-10(8)15-2/h3-6,9,12H,7H2,1-2H3. The number of carbonyl (C=O) groups excluding carboxylic acids is 1. The van der Waals surface area contributed by atoms with Crippen LogP contribution in [0.4, 0.5) is 0 Å². The van der Waals surface area contributed by atoms with Crippen LogP contribution in [-0.2, 0) is 16.0 Å². The summed E-state index contributed by atoms with van der Waals surface area (Å²) in [4.78, 5) is 12.1. The normalized spacial score (nSPS) is 12.2. The zero-order chi connectivity index (χ0) is 11.3. The quantitative estimate of drug-likeness (QED) is 0.624. The summed E-state index contributed by atoms with van der Waals surface area (Å²) in [6.45, 7) is 0. The number of ether oxygens (including phenoxy) is 1. The lowest BCUT2D eigenvalue weighted by atomic mass is 10.1. The highest BCUT2D eigenvalue weighted by atomic mass is 32.2. The number of rotatable bonds is 4. The van der Waals surface area contributed by atoms with E-state index < -0.39 is 12.1 Å². The van der Waals surface area contributed by atoms with E-state index in [0.29, 0.717) is 6.42 Å². The molecule has 0 aliphatic rings. The predicted molar refractivity (Wildman–Crippen MR) is 59.9 cm³/mol. The molecule has 1 aromatic rings. The highest BCUT2D eigenvalue weighted by Gasteiger charge is 2.16. The zero-order valence-corrected chi connectivity index (χ0v) is 9.58. The van der Waals surface area contributed by atoms with Gasteiger partial charge in [-0.05, 0) is 17.9 Å². The van der Waals surface area contributed by atoms with Crippen LogP contribution >= 0.6 is 11.8 Å². The Kier molecular flexibility index (Phi) is 4.65.